The van der Waals surface area contributed by atoms with E-state index in [2.05, 4.69) is 5.16 Å². The molecule has 21 heavy (non-hydrogen) atoms. The van der Waals surface area contributed by atoms with Crippen molar-refractivity contribution in [2.24, 2.45) is 5.16 Å². The van der Waals surface area contributed by atoms with Gasteiger partial charge in [-0.25, -0.2) is 0 Å². The average molecular weight is 294 g/mol. The predicted octanol–water partition coefficient (Wildman–Crippen LogP) is 2.89. The number of hydrogen-bond donors (Lipinski definition) is 1. The SMILES string of the molecule is COc1ccc(COC2CCC(=NO)CC2)cc1[N+](=O)[O-]. The van der Waals surface area contributed by atoms with Crippen LogP contribution in [0, 0.1) is 10.1 Å². The fraction of sp³-hybridized carbons (Fsp3) is 0.500. The van der Waals surface area contributed by atoms with Gasteiger partial charge in [0.25, 0.3) is 0 Å². The molecule has 7 heteroatoms. The number of nitro benzene ring substituents is 1. The molecule has 0 heterocycles. The first-order valence-corrected chi connectivity index (χ1v) is 6.76. The van der Waals surface area contributed by atoms with Crippen LogP contribution in [0.3, 0.4) is 0 Å². The van der Waals surface area contributed by atoms with E-state index in [-0.39, 0.29) is 17.5 Å². The fourth-order valence-corrected chi connectivity index (χ4v) is 2.37. The minimum Gasteiger partial charge on any atom is -0.490 e. The maximum atomic E-state index is 11.0. The molecule has 1 N–H and O–H groups in total. The van der Waals surface area contributed by atoms with Gasteiger partial charge < -0.3 is 14.7 Å². The molecule has 1 fully saturated rings. The van der Waals surface area contributed by atoms with E-state index in [0.717, 1.165) is 37.0 Å². The van der Waals surface area contributed by atoms with Gasteiger partial charge in [-0.1, -0.05) is 11.2 Å². The van der Waals surface area contributed by atoms with Crippen molar-refractivity contribution in [1.29, 1.82) is 0 Å². The van der Waals surface area contributed by atoms with Gasteiger partial charge in [0.05, 0.1) is 30.5 Å². The van der Waals surface area contributed by atoms with E-state index in [1.165, 1.54) is 13.2 Å². The van der Waals surface area contributed by atoms with Crippen molar-refractivity contribution < 1.29 is 19.6 Å². The summed E-state index contributed by atoms with van der Waals surface area (Å²) in [5, 5.41) is 22.9. The third-order valence-corrected chi connectivity index (χ3v) is 3.58. The Hall–Kier alpha value is -2.15. The Labute approximate surface area is 122 Å². The van der Waals surface area contributed by atoms with Crippen LogP contribution in [-0.2, 0) is 11.3 Å². The second-order valence-corrected chi connectivity index (χ2v) is 4.94. The van der Waals surface area contributed by atoms with E-state index in [0.29, 0.717) is 6.61 Å². The van der Waals surface area contributed by atoms with Crippen LogP contribution < -0.4 is 4.74 Å². The van der Waals surface area contributed by atoms with E-state index in [1.807, 2.05) is 0 Å². The smallest absolute Gasteiger partial charge is 0.311 e. The van der Waals surface area contributed by atoms with Crippen molar-refractivity contribution >= 4 is 11.4 Å². The van der Waals surface area contributed by atoms with E-state index in [9.17, 15) is 10.1 Å². The zero-order chi connectivity index (χ0) is 15.2. The van der Waals surface area contributed by atoms with Crippen LogP contribution in [0.15, 0.2) is 23.4 Å². The molecule has 1 aromatic rings. The van der Waals surface area contributed by atoms with Crippen LogP contribution in [0.1, 0.15) is 31.2 Å². The molecule has 1 aliphatic carbocycles. The summed E-state index contributed by atoms with van der Waals surface area (Å²) in [7, 11) is 1.40. The topological polar surface area (TPSA) is 94.2 Å². The normalized spacial score (nSPS) is 18.3. The molecule has 0 aliphatic heterocycles. The molecule has 0 saturated heterocycles. The summed E-state index contributed by atoms with van der Waals surface area (Å²) < 4.78 is 10.7. The Morgan fingerprint density at radius 3 is 2.71 bits per heavy atom. The summed E-state index contributed by atoms with van der Waals surface area (Å²) in [5.41, 5.74) is 1.48. The molecule has 7 nitrogen and oxygen atoms in total. The number of nitro groups is 1. The van der Waals surface area contributed by atoms with Gasteiger partial charge in [-0.15, -0.1) is 0 Å². The van der Waals surface area contributed by atoms with Crippen molar-refractivity contribution in [3.8, 4) is 5.75 Å². The lowest BCUT2D eigenvalue weighted by atomic mass is 9.96. The highest BCUT2D eigenvalue weighted by Crippen LogP contribution is 2.28. The maximum absolute atomic E-state index is 11.0. The predicted molar refractivity (Wildman–Crippen MR) is 75.9 cm³/mol. The lowest BCUT2D eigenvalue weighted by Gasteiger charge is -2.22. The van der Waals surface area contributed by atoms with Crippen molar-refractivity contribution in [3.05, 3.63) is 33.9 Å². The van der Waals surface area contributed by atoms with Gasteiger partial charge in [-0.3, -0.25) is 10.1 Å². The van der Waals surface area contributed by atoms with E-state index >= 15 is 0 Å². The zero-order valence-corrected chi connectivity index (χ0v) is 11.8. The maximum Gasteiger partial charge on any atom is 0.311 e. The van der Waals surface area contributed by atoms with Crippen LogP contribution in [0.2, 0.25) is 0 Å². The van der Waals surface area contributed by atoms with Crippen molar-refractivity contribution in [2.45, 2.75) is 38.4 Å². The minimum absolute atomic E-state index is 0.0584. The first-order valence-electron chi connectivity index (χ1n) is 6.76. The van der Waals surface area contributed by atoms with Gasteiger partial charge in [0.2, 0.25) is 0 Å². The molecule has 0 amide bonds. The standard InChI is InChI=1S/C14H18N2O5/c1-20-14-7-2-10(8-13(14)16(18)19)9-21-12-5-3-11(15-17)4-6-12/h2,7-8,12,17H,3-6,9H2,1H3. The Bertz CT molecular complexity index is 534. The average Bonchev–Trinajstić information content (AvgIpc) is 2.53. The fourth-order valence-electron chi connectivity index (χ4n) is 2.37. The van der Waals surface area contributed by atoms with E-state index < -0.39 is 4.92 Å². The number of nitrogens with zero attached hydrogens (tertiary/aromatic N) is 2. The highest BCUT2D eigenvalue weighted by molar-refractivity contribution is 5.84. The van der Waals surface area contributed by atoms with Gasteiger partial charge in [0.15, 0.2) is 5.75 Å². The summed E-state index contributed by atoms with van der Waals surface area (Å²) in [6.07, 6.45) is 3.15. The molecule has 1 aromatic carbocycles. The number of ether oxygens (including phenoxy) is 2. The highest BCUT2D eigenvalue weighted by atomic mass is 16.6. The van der Waals surface area contributed by atoms with Crippen molar-refractivity contribution in [1.82, 2.24) is 0 Å². The Kier molecular flexibility index (Phi) is 5.10. The number of methoxy groups -OCH3 is 1. The van der Waals surface area contributed by atoms with Crippen LogP contribution in [-0.4, -0.2) is 29.1 Å². The number of oxime groups is 1. The lowest BCUT2D eigenvalue weighted by molar-refractivity contribution is -0.385. The van der Waals surface area contributed by atoms with Gasteiger partial charge in [-0.2, -0.15) is 0 Å². The summed E-state index contributed by atoms with van der Waals surface area (Å²) in [6, 6.07) is 4.81. The van der Waals surface area contributed by atoms with Crippen molar-refractivity contribution in [2.75, 3.05) is 7.11 Å². The molecule has 1 aliphatic rings. The summed E-state index contributed by atoms with van der Waals surface area (Å²) >= 11 is 0. The van der Waals surface area contributed by atoms with E-state index in [4.69, 9.17) is 14.7 Å². The summed E-state index contributed by atoms with van der Waals surface area (Å²) in [4.78, 5) is 10.5. The Balaban J connectivity index is 1.95. The molecule has 0 aromatic heterocycles. The van der Waals surface area contributed by atoms with Crippen LogP contribution in [0.5, 0.6) is 5.75 Å². The zero-order valence-electron chi connectivity index (χ0n) is 11.8. The third kappa shape index (κ3) is 3.91. The molecular formula is C14H18N2O5. The first kappa shape index (κ1) is 15.2. The van der Waals surface area contributed by atoms with E-state index in [1.54, 1.807) is 12.1 Å². The first-order chi connectivity index (χ1) is 10.1. The third-order valence-electron chi connectivity index (χ3n) is 3.58. The number of hydrogen-bond acceptors (Lipinski definition) is 6. The number of benzene rings is 1. The Morgan fingerprint density at radius 2 is 2.14 bits per heavy atom. The molecule has 0 unspecified atom stereocenters. The summed E-state index contributed by atoms with van der Waals surface area (Å²) in [6.45, 7) is 0.321. The summed E-state index contributed by atoms with van der Waals surface area (Å²) in [5.74, 6) is 0.241. The van der Waals surface area contributed by atoms with Gasteiger partial charge >= 0.3 is 5.69 Å². The molecule has 0 radical (unpaired) electrons. The molecule has 2 rings (SSSR count). The molecule has 0 bridgehead atoms. The molecule has 1 saturated carbocycles. The van der Waals surface area contributed by atoms with Gasteiger partial charge in [0, 0.05) is 6.07 Å². The molecule has 0 atom stereocenters. The van der Waals surface area contributed by atoms with Crippen LogP contribution in [0.25, 0.3) is 0 Å². The van der Waals surface area contributed by atoms with Gasteiger partial charge in [0.1, 0.15) is 0 Å². The highest BCUT2D eigenvalue weighted by Gasteiger charge is 2.19. The second kappa shape index (κ2) is 7.03. The lowest BCUT2D eigenvalue weighted by Crippen LogP contribution is -2.21. The largest absolute Gasteiger partial charge is 0.490 e. The van der Waals surface area contributed by atoms with Crippen molar-refractivity contribution in [3.63, 3.8) is 0 Å². The Morgan fingerprint density at radius 1 is 1.43 bits per heavy atom. The van der Waals surface area contributed by atoms with Crippen LogP contribution in [0.4, 0.5) is 5.69 Å². The second-order valence-electron chi connectivity index (χ2n) is 4.94. The molecular weight excluding hydrogens is 276 g/mol. The number of rotatable bonds is 5. The minimum atomic E-state index is -0.465. The monoisotopic (exact) mass is 294 g/mol. The van der Waals surface area contributed by atoms with Crippen LogP contribution >= 0.6 is 0 Å². The molecule has 0 spiro atoms. The molecule has 114 valence electrons. The van der Waals surface area contributed by atoms with Gasteiger partial charge in [-0.05, 0) is 37.3 Å². The quantitative estimate of drug-likeness (QED) is 0.512.